The molecule has 0 saturated carbocycles. The van der Waals surface area contributed by atoms with Crippen LogP contribution in [0.4, 0.5) is 13.2 Å². The predicted octanol–water partition coefficient (Wildman–Crippen LogP) is 4.69. The minimum atomic E-state index is -4.53. The van der Waals surface area contributed by atoms with E-state index in [1.54, 1.807) is 30.6 Å². The summed E-state index contributed by atoms with van der Waals surface area (Å²) in [4.78, 5) is 25.5. The Balaban J connectivity index is 1.47. The summed E-state index contributed by atoms with van der Waals surface area (Å²) in [5, 5.41) is 4.43. The third-order valence-electron chi connectivity index (χ3n) is 5.50. The molecule has 5 rings (SSSR count). The highest BCUT2D eigenvalue weighted by Crippen LogP contribution is 2.34. The number of nitrogens with one attached hydrogen (secondary N) is 2. The summed E-state index contributed by atoms with van der Waals surface area (Å²) in [5.41, 5.74) is 1.99. The molecular formula is C24H19F3N6O. The predicted molar refractivity (Wildman–Crippen MR) is 121 cm³/mol. The van der Waals surface area contributed by atoms with Gasteiger partial charge in [0.05, 0.1) is 22.3 Å². The van der Waals surface area contributed by atoms with E-state index >= 15 is 0 Å². The zero-order valence-corrected chi connectivity index (χ0v) is 17.8. The number of imidazole rings is 1. The topological polar surface area (TPSA) is 92.2 Å². The summed E-state index contributed by atoms with van der Waals surface area (Å²) in [7, 11) is 0. The number of fused-ring (bicyclic) bond motifs is 1. The van der Waals surface area contributed by atoms with Crippen molar-refractivity contribution in [2.24, 2.45) is 0 Å². The molecule has 0 aliphatic heterocycles. The Labute approximate surface area is 191 Å². The lowest BCUT2D eigenvalue weighted by Gasteiger charge is -2.14. The van der Waals surface area contributed by atoms with Gasteiger partial charge in [0, 0.05) is 24.4 Å². The van der Waals surface area contributed by atoms with Crippen molar-refractivity contribution in [2.75, 3.05) is 0 Å². The smallest absolute Gasteiger partial charge is 0.306 e. The van der Waals surface area contributed by atoms with Gasteiger partial charge in [0.1, 0.15) is 5.82 Å². The normalized spacial score (nSPS) is 11.9. The molecule has 7 nitrogen and oxygen atoms in total. The first-order chi connectivity index (χ1) is 16.4. The summed E-state index contributed by atoms with van der Waals surface area (Å²) in [5.74, 6) is 0.764. The zero-order chi connectivity index (χ0) is 23.7. The van der Waals surface area contributed by atoms with Crippen LogP contribution in [0.1, 0.15) is 23.4 Å². The summed E-state index contributed by atoms with van der Waals surface area (Å²) in [6.45, 7) is 0. The molecule has 172 valence electrons. The van der Waals surface area contributed by atoms with Crippen LogP contribution in [0.3, 0.4) is 0 Å². The molecule has 0 aliphatic rings. The van der Waals surface area contributed by atoms with Gasteiger partial charge in [0.25, 0.3) is 0 Å². The number of nitrogens with zero attached hydrogens (tertiary/aromatic N) is 4. The van der Waals surface area contributed by atoms with Gasteiger partial charge in [-0.1, -0.05) is 18.2 Å². The number of rotatable bonds is 6. The van der Waals surface area contributed by atoms with Crippen LogP contribution in [0.25, 0.3) is 28.1 Å². The number of halogens is 3. The third-order valence-corrected chi connectivity index (χ3v) is 5.50. The Morgan fingerprint density at radius 2 is 1.68 bits per heavy atom. The van der Waals surface area contributed by atoms with Gasteiger partial charge in [-0.2, -0.15) is 13.2 Å². The average molecular weight is 464 g/mol. The van der Waals surface area contributed by atoms with Crippen molar-refractivity contribution < 1.29 is 13.2 Å². The highest BCUT2D eigenvalue weighted by molar-refractivity contribution is 5.75. The van der Waals surface area contributed by atoms with E-state index in [4.69, 9.17) is 0 Å². The molecule has 0 spiro atoms. The van der Waals surface area contributed by atoms with Crippen molar-refractivity contribution in [1.82, 2.24) is 29.7 Å². The molecule has 0 amide bonds. The highest BCUT2D eigenvalue weighted by Gasteiger charge is 2.34. The molecule has 2 aromatic carbocycles. The van der Waals surface area contributed by atoms with Crippen LogP contribution in [0.5, 0.6) is 0 Å². The zero-order valence-electron chi connectivity index (χ0n) is 17.8. The van der Waals surface area contributed by atoms with Gasteiger partial charge in [-0.3, -0.25) is 4.98 Å². The molecule has 0 atom stereocenters. The minimum Gasteiger partial charge on any atom is -0.306 e. The lowest BCUT2D eigenvalue weighted by molar-refractivity contribution is -0.137. The van der Waals surface area contributed by atoms with E-state index in [2.05, 4.69) is 25.0 Å². The molecule has 0 unspecified atom stereocenters. The minimum absolute atomic E-state index is 0.0656. The van der Waals surface area contributed by atoms with E-state index in [0.717, 1.165) is 17.1 Å². The van der Waals surface area contributed by atoms with Gasteiger partial charge in [0.2, 0.25) is 0 Å². The van der Waals surface area contributed by atoms with Gasteiger partial charge in [-0.25, -0.2) is 14.5 Å². The Kier molecular flexibility index (Phi) is 5.48. The van der Waals surface area contributed by atoms with Crippen molar-refractivity contribution in [2.45, 2.75) is 25.4 Å². The van der Waals surface area contributed by atoms with Crippen LogP contribution in [0.15, 0.2) is 71.8 Å². The average Bonchev–Trinajstić information content (AvgIpc) is 3.41. The molecule has 0 fully saturated rings. The summed E-state index contributed by atoms with van der Waals surface area (Å²) < 4.78 is 42.4. The van der Waals surface area contributed by atoms with Crippen LogP contribution in [0.2, 0.25) is 0 Å². The first kappa shape index (κ1) is 21.6. The van der Waals surface area contributed by atoms with Crippen molar-refractivity contribution in [3.63, 3.8) is 0 Å². The highest BCUT2D eigenvalue weighted by atomic mass is 19.4. The molecule has 0 radical (unpaired) electrons. The van der Waals surface area contributed by atoms with Crippen molar-refractivity contribution in [1.29, 1.82) is 0 Å². The third kappa shape index (κ3) is 4.34. The molecular weight excluding hydrogens is 445 g/mol. The number of pyridine rings is 1. The van der Waals surface area contributed by atoms with Gasteiger partial charge >= 0.3 is 11.9 Å². The number of aryl methyl sites for hydroxylation is 2. The number of benzene rings is 2. The Hall–Kier alpha value is -4.21. The number of hydrogen-bond donors (Lipinski definition) is 2. The second kappa shape index (κ2) is 8.62. The van der Waals surface area contributed by atoms with Gasteiger partial charge in [-0.05, 0) is 54.8 Å². The van der Waals surface area contributed by atoms with E-state index in [-0.39, 0.29) is 11.4 Å². The van der Waals surface area contributed by atoms with Crippen LogP contribution < -0.4 is 5.69 Å². The first-order valence-electron chi connectivity index (χ1n) is 10.6. The maximum Gasteiger partial charge on any atom is 0.418 e. The van der Waals surface area contributed by atoms with Gasteiger partial charge < -0.3 is 9.97 Å². The molecule has 0 bridgehead atoms. The van der Waals surface area contributed by atoms with E-state index in [1.807, 2.05) is 18.2 Å². The van der Waals surface area contributed by atoms with Gasteiger partial charge in [0.15, 0.2) is 5.82 Å². The Morgan fingerprint density at radius 1 is 0.912 bits per heavy atom. The van der Waals surface area contributed by atoms with Crippen LogP contribution in [0, 0.1) is 0 Å². The van der Waals surface area contributed by atoms with Crippen molar-refractivity contribution >= 4 is 11.0 Å². The number of para-hydroxylation sites is 1. The van der Waals surface area contributed by atoms with E-state index in [9.17, 15) is 18.0 Å². The van der Waals surface area contributed by atoms with Crippen molar-refractivity contribution in [3.05, 3.63) is 94.4 Å². The van der Waals surface area contributed by atoms with Gasteiger partial charge in [-0.15, -0.1) is 5.10 Å². The fraction of sp³-hybridized carbons (Fsp3) is 0.167. The quantitative estimate of drug-likeness (QED) is 0.381. The molecule has 3 heterocycles. The maximum absolute atomic E-state index is 13.7. The lowest BCUT2D eigenvalue weighted by atomic mass is 10.1. The fourth-order valence-corrected chi connectivity index (χ4v) is 3.91. The summed E-state index contributed by atoms with van der Waals surface area (Å²) >= 11 is 0. The van der Waals surface area contributed by atoms with Crippen LogP contribution in [-0.4, -0.2) is 29.7 Å². The Morgan fingerprint density at radius 3 is 2.47 bits per heavy atom. The first-order valence-corrected chi connectivity index (χ1v) is 10.6. The van der Waals surface area contributed by atoms with Crippen LogP contribution >= 0.6 is 0 Å². The molecule has 2 N–H and O–H groups in total. The van der Waals surface area contributed by atoms with E-state index in [0.29, 0.717) is 42.0 Å². The number of H-pyrrole nitrogens is 2. The molecule has 5 aromatic rings. The monoisotopic (exact) mass is 464 g/mol. The van der Waals surface area contributed by atoms with Crippen molar-refractivity contribution in [3.8, 4) is 17.1 Å². The van der Waals surface area contributed by atoms with E-state index < -0.39 is 11.7 Å². The van der Waals surface area contributed by atoms with Crippen LogP contribution in [-0.2, 0) is 19.0 Å². The second-order valence-corrected chi connectivity index (χ2v) is 7.83. The number of aromatic amines is 2. The van der Waals surface area contributed by atoms with E-state index in [1.165, 1.54) is 16.8 Å². The molecule has 34 heavy (non-hydrogen) atoms. The SMILES string of the molecule is O=c1[nH]c2ccc(CCCc3nc(-c4ccncc4)nn3-c3ccccc3C(F)(F)F)cc2[nH]1. The second-order valence-electron chi connectivity index (χ2n) is 7.83. The number of hydrogen-bond acceptors (Lipinski definition) is 4. The number of aromatic nitrogens is 6. The molecule has 0 saturated heterocycles. The number of alkyl halides is 3. The lowest BCUT2D eigenvalue weighted by Crippen LogP contribution is -2.13. The summed E-state index contributed by atoms with van der Waals surface area (Å²) in [6.07, 6.45) is 0.331. The molecule has 10 heteroatoms. The molecule has 0 aliphatic carbocycles. The molecule has 3 aromatic heterocycles. The fourth-order valence-electron chi connectivity index (χ4n) is 3.91. The Bertz CT molecular complexity index is 1500. The standard InChI is InChI=1S/C24H19F3N6O/c25-24(26,27)17-5-1-2-6-20(17)33-21(31-22(32-33)16-10-12-28-13-11-16)7-3-4-15-8-9-18-19(14-15)30-23(34)29-18/h1-2,5-6,8-14H,3-4,7H2,(H2,29,30,34). The summed E-state index contributed by atoms with van der Waals surface area (Å²) in [6, 6.07) is 14.4. The maximum atomic E-state index is 13.7. The largest absolute Gasteiger partial charge is 0.418 e.